The summed E-state index contributed by atoms with van der Waals surface area (Å²) >= 11 is 12.3. The average Bonchev–Trinajstić information content (AvgIpc) is 2.85. The molecule has 4 rings (SSSR count). The van der Waals surface area contributed by atoms with E-state index in [4.69, 9.17) is 23.2 Å². The van der Waals surface area contributed by atoms with Crippen molar-refractivity contribution in [3.8, 4) is 22.3 Å². The van der Waals surface area contributed by atoms with Gasteiger partial charge in [0.2, 0.25) is 0 Å². The third-order valence-corrected chi connectivity index (χ3v) is 4.79. The summed E-state index contributed by atoms with van der Waals surface area (Å²) in [5.74, 6) is -0.0599. The van der Waals surface area contributed by atoms with E-state index >= 15 is 0 Å². The van der Waals surface area contributed by atoms with E-state index in [0.29, 0.717) is 21.2 Å². The molecule has 1 nitrogen and oxygen atoms in total. The maximum atomic E-state index is 12.7. The normalized spacial score (nSPS) is 12.2. The standard InChI is InChI=1S/C19H10Cl2O/c20-16-9-8-14-13-7-6-12(11-4-2-1-3-5-11)10-15(13)19(22)17(14)18(16)21/h1-10H. The van der Waals surface area contributed by atoms with Crippen molar-refractivity contribution in [3.05, 3.63) is 81.8 Å². The van der Waals surface area contributed by atoms with Crippen LogP contribution in [0.5, 0.6) is 0 Å². The van der Waals surface area contributed by atoms with E-state index in [9.17, 15) is 4.79 Å². The van der Waals surface area contributed by atoms with Gasteiger partial charge < -0.3 is 0 Å². The summed E-state index contributed by atoms with van der Waals surface area (Å²) in [4.78, 5) is 12.7. The summed E-state index contributed by atoms with van der Waals surface area (Å²) in [6.45, 7) is 0. The molecule has 0 amide bonds. The Morgan fingerprint density at radius 3 is 2.18 bits per heavy atom. The Hall–Kier alpha value is -2.09. The van der Waals surface area contributed by atoms with Crippen LogP contribution in [-0.2, 0) is 0 Å². The molecule has 0 unspecified atom stereocenters. The van der Waals surface area contributed by atoms with E-state index in [1.807, 2.05) is 54.6 Å². The molecule has 0 spiro atoms. The zero-order valence-electron chi connectivity index (χ0n) is 11.4. The maximum absolute atomic E-state index is 12.7. The molecule has 0 atom stereocenters. The molecule has 0 heterocycles. The summed E-state index contributed by atoms with van der Waals surface area (Å²) in [5.41, 5.74) is 5.06. The molecule has 0 aromatic heterocycles. The Kier molecular flexibility index (Phi) is 3.07. The lowest BCUT2D eigenvalue weighted by Gasteiger charge is -2.05. The largest absolute Gasteiger partial charge is 0.289 e. The van der Waals surface area contributed by atoms with Crippen LogP contribution in [0.15, 0.2) is 60.7 Å². The van der Waals surface area contributed by atoms with Crippen LogP contribution in [-0.4, -0.2) is 5.78 Å². The van der Waals surface area contributed by atoms with Crippen molar-refractivity contribution in [2.45, 2.75) is 0 Å². The molecule has 0 N–H and O–H groups in total. The second kappa shape index (κ2) is 4.98. The SMILES string of the molecule is O=C1c2cc(-c3ccccc3)ccc2-c2ccc(Cl)c(Cl)c21. The van der Waals surface area contributed by atoms with Gasteiger partial charge in [0.25, 0.3) is 0 Å². The average molecular weight is 325 g/mol. The molecule has 3 aromatic carbocycles. The van der Waals surface area contributed by atoms with Crippen LogP contribution in [0.1, 0.15) is 15.9 Å². The van der Waals surface area contributed by atoms with Gasteiger partial charge >= 0.3 is 0 Å². The molecule has 1 aliphatic carbocycles. The molecule has 0 radical (unpaired) electrons. The van der Waals surface area contributed by atoms with E-state index in [2.05, 4.69) is 0 Å². The van der Waals surface area contributed by atoms with Crippen LogP contribution in [0.4, 0.5) is 0 Å². The molecule has 0 saturated heterocycles. The first-order valence-electron chi connectivity index (χ1n) is 6.89. The molecule has 0 aliphatic heterocycles. The predicted octanol–water partition coefficient (Wildman–Crippen LogP) is 5.87. The van der Waals surface area contributed by atoms with Crippen molar-refractivity contribution in [2.75, 3.05) is 0 Å². The molecule has 106 valence electrons. The molecule has 22 heavy (non-hydrogen) atoms. The van der Waals surface area contributed by atoms with Crippen LogP contribution in [0.2, 0.25) is 10.0 Å². The molecule has 1 aliphatic rings. The number of rotatable bonds is 1. The van der Waals surface area contributed by atoms with Gasteiger partial charge in [-0.2, -0.15) is 0 Å². The van der Waals surface area contributed by atoms with Crippen molar-refractivity contribution in [3.63, 3.8) is 0 Å². The molecule has 0 saturated carbocycles. The predicted molar refractivity (Wildman–Crippen MR) is 90.8 cm³/mol. The quantitative estimate of drug-likeness (QED) is 0.427. The minimum atomic E-state index is -0.0599. The number of carbonyl (C=O) groups excluding carboxylic acids is 1. The molecule has 0 bridgehead atoms. The Balaban J connectivity index is 1.92. The van der Waals surface area contributed by atoms with Gasteiger partial charge in [-0.15, -0.1) is 0 Å². The number of halogens is 2. The van der Waals surface area contributed by atoms with Gasteiger partial charge in [-0.1, -0.05) is 71.7 Å². The monoisotopic (exact) mass is 324 g/mol. The lowest BCUT2D eigenvalue weighted by atomic mass is 9.99. The van der Waals surface area contributed by atoms with Crippen molar-refractivity contribution in [1.29, 1.82) is 0 Å². The fourth-order valence-corrected chi connectivity index (χ4v) is 3.32. The lowest BCUT2D eigenvalue weighted by Crippen LogP contribution is -1.96. The van der Waals surface area contributed by atoms with Gasteiger partial charge in [0.1, 0.15) is 0 Å². The van der Waals surface area contributed by atoms with Crippen molar-refractivity contribution in [2.24, 2.45) is 0 Å². The van der Waals surface area contributed by atoms with E-state index in [1.165, 1.54) is 0 Å². The van der Waals surface area contributed by atoms with E-state index in [-0.39, 0.29) is 5.78 Å². The summed E-state index contributed by atoms with van der Waals surface area (Å²) in [6.07, 6.45) is 0. The van der Waals surface area contributed by atoms with E-state index in [1.54, 1.807) is 6.07 Å². The third kappa shape index (κ3) is 1.90. The van der Waals surface area contributed by atoms with Crippen molar-refractivity contribution >= 4 is 29.0 Å². The highest BCUT2D eigenvalue weighted by Gasteiger charge is 2.30. The van der Waals surface area contributed by atoms with Crippen molar-refractivity contribution < 1.29 is 4.79 Å². The van der Waals surface area contributed by atoms with Gasteiger partial charge in [-0.25, -0.2) is 0 Å². The zero-order valence-corrected chi connectivity index (χ0v) is 12.9. The van der Waals surface area contributed by atoms with Crippen molar-refractivity contribution in [1.82, 2.24) is 0 Å². The Morgan fingerprint density at radius 2 is 1.41 bits per heavy atom. The molecule has 0 fully saturated rings. The summed E-state index contributed by atoms with van der Waals surface area (Å²) in [5, 5.41) is 0.742. The van der Waals surface area contributed by atoms with E-state index < -0.39 is 0 Å². The lowest BCUT2D eigenvalue weighted by molar-refractivity contribution is 0.104. The van der Waals surface area contributed by atoms with Crippen LogP contribution >= 0.6 is 23.2 Å². The zero-order chi connectivity index (χ0) is 15.3. The number of carbonyl (C=O) groups is 1. The minimum absolute atomic E-state index is 0.0599. The number of benzene rings is 3. The Labute approximate surface area is 138 Å². The summed E-state index contributed by atoms with van der Waals surface area (Å²) in [7, 11) is 0. The molecular formula is C19H10Cl2O. The molecular weight excluding hydrogens is 315 g/mol. The van der Waals surface area contributed by atoms with Gasteiger partial charge in [0, 0.05) is 5.56 Å². The third-order valence-electron chi connectivity index (χ3n) is 3.98. The van der Waals surface area contributed by atoms with Crippen LogP contribution in [0, 0.1) is 0 Å². The maximum Gasteiger partial charge on any atom is 0.195 e. The first-order valence-corrected chi connectivity index (χ1v) is 7.65. The van der Waals surface area contributed by atoms with Gasteiger partial charge in [0.05, 0.1) is 15.6 Å². The first-order chi connectivity index (χ1) is 10.7. The first kappa shape index (κ1) is 13.6. The fourth-order valence-electron chi connectivity index (χ4n) is 2.91. The molecule has 3 heteroatoms. The fraction of sp³-hybridized carbons (Fsp3) is 0. The Bertz CT molecular complexity index is 914. The second-order valence-corrected chi connectivity index (χ2v) is 6.02. The van der Waals surface area contributed by atoms with Gasteiger partial charge in [-0.3, -0.25) is 4.79 Å². The highest BCUT2D eigenvalue weighted by Crippen LogP contribution is 2.43. The van der Waals surface area contributed by atoms with Gasteiger partial charge in [-0.05, 0) is 34.4 Å². The Morgan fingerprint density at radius 1 is 0.682 bits per heavy atom. The van der Waals surface area contributed by atoms with Crippen LogP contribution in [0.3, 0.4) is 0 Å². The highest BCUT2D eigenvalue weighted by molar-refractivity contribution is 6.46. The molecule has 3 aromatic rings. The van der Waals surface area contributed by atoms with Crippen LogP contribution < -0.4 is 0 Å². The van der Waals surface area contributed by atoms with Gasteiger partial charge in [0.15, 0.2) is 5.78 Å². The number of hydrogen-bond donors (Lipinski definition) is 0. The summed E-state index contributed by atoms with van der Waals surface area (Å²) in [6, 6.07) is 19.5. The summed E-state index contributed by atoms with van der Waals surface area (Å²) < 4.78 is 0. The second-order valence-electron chi connectivity index (χ2n) is 5.24. The smallest absolute Gasteiger partial charge is 0.195 e. The topological polar surface area (TPSA) is 17.1 Å². The number of hydrogen-bond acceptors (Lipinski definition) is 1. The number of fused-ring (bicyclic) bond motifs is 3. The number of ketones is 1. The van der Waals surface area contributed by atoms with Crippen LogP contribution in [0.25, 0.3) is 22.3 Å². The highest BCUT2D eigenvalue weighted by atomic mass is 35.5. The van der Waals surface area contributed by atoms with E-state index in [0.717, 1.165) is 22.3 Å². The minimum Gasteiger partial charge on any atom is -0.289 e.